The molecule has 0 radical (unpaired) electrons. The van der Waals surface area contributed by atoms with E-state index in [0.717, 1.165) is 22.3 Å². The van der Waals surface area contributed by atoms with Gasteiger partial charge < -0.3 is 14.2 Å². The SMILES string of the molecule is Cn1c2ccccc2n2cc(-c3ccc([NH+]([O-])O)cc3)cc12. The summed E-state index contributed by atoms with van der Waals surface area (Å²) >= 11 is 0. The number of hydrogen-bond acceptors (Lipinski definition) is 2. The van der Waals surface area contributed by atoms with E-state index in [2.05, 4.69) is 40.4 Å². The highest BCUT2D eigenvalue weighted by Crippen LogP contribution is 2.28. The van der Waals surface area contributed by atoms with Gasteiger partial charge in [0.2, 0.25) is 0 Å². The maximum Gasteiger partial charge on any atom is 0.163 e. The third-order valence-corrected chi connectivity index (χ3v) is 4.11. The van der Waals surface area contributed by atoms with Crippen molar-refractivity contribution in [1.29, 1.82) is 0 Å². The fourth-order valence-corrected chi connectivity index (χ4v) is 2.94. The van der Waals surface area contributed by atoms with Crippen molar-refractivity contribution in [2.45, 2.75) is 0 Å². The number of benzene rings is 2. The molecule has 5 nitrogen and oxygen atoms in total. The van der Waals surface area contributed by atoms with Crippen LogP contribution in [0.1, 0.15) is 0 Å². The monoisotopic (exact) mass is 293 g/mol. The van der Waals surface area contributed by atoms with Crippen LogP contribution in [-0.4, -0.2) is 14.2 Å². The molecule has 4 rings (SSSR count). The summed E-state index contributed by atoms with van der Waals surface area (Å²) in [6.07, 6.45) is 2.09. The second kappa shape index (κ2) is 4.71. The zero-order valence-electron chi connectivity index (χ0n) is 12.0. The van der Waals surface area contributed by atoms with Crippen molar-refractivity contribution in [3.8, 4) is 11.1 Å². The second-order valence-electron chi connectivity index (χ2n) is 5.39. The quantitative estimate of drug-likeness (QED) is 0.558. The first kappa shape index (κ1) is 13.1. The lowest BCUT2D eigenvalue weighted by Crippen LogP contribution is -2.99. The predicted molar refractivity (Wildman–Crippen MR) is 85.1 cm³/mol. The molecule has 110 valence electrons. The number of fused-ring (bicyclic) bond motifs is 3. The van der Waals surface area contributed by atoms with Crippen LogP contribution >= 0.6 is 0 Å². The fourth-order valence-electron chi connectivity index (χ4n) is 2.94. The van der Waals surface area contributed by atoms with Crippen LogP contribution in [0.2, 0.25) is 0 Å². The van der Waals surface area contributed by atoms with Crippen LogP contribution in [0.5, 0.6) is 0 Å². The Kier molecular flexibility index (Phi) is 2.80. The van der Waals surface area contributed by atoms with E-state index >= 15 is 0 Å². The molecule has 1 unspecified atom stereocenters. The molecule has 5 heteroatoms. The van der Waals surface area contributed by atoms with Gasteiger partial charge in [-0.1, -0.05) is 12.1 Å². The molecule has 2 heterocycles. The summed E-state index contributed by atoms with van der Waals surface area (Å²) in [7, 11) is 2.05. The maximum atomic E-state index is 10.9. The molecule has 1 atom stereocenters. The second-order valence-corrected chi connectivity index (χ2v) is 5.39. The number of imidazole rings is 1. The highest BCUT2D eigenvalue weighted by Gasteiger charge is 2.11. The van der Waals surface area contributed by atoms with E-state index < -0.39 is 5.23 Å². The normalized spacial score (nSPS) is 13.0. The van der Waals surface area contributed by atoms with Gasteiger partial charge in [0.1, 0.15) is 5.65 Å². The van der Waals surface area contributed by atoms with Gasteiger partial charge in [-0.25, -0.2) is 5.21 Å². The summed E-state index contributed by atoms with van der Waals surface area (Å²) < 4.78 is 4.32. The predicted octanol–water partition coefficient (Wildman–Crippen LogP) is 2.50. The van der Waals surface area contributed by atoms with Crippen molar-refractivity contribution in [1.82, 2.24) is 8.97 Å². The van der Waals surface area contributed by atoms with Crippen molar-refractivity contribution in [2.24, 2.45) is 7.05 Å². The summed E-state index contributed by atoms with van der Waals surface area (Å²) in [5.74, 6) is 0. The Bertz CT molecular complexity index is 965. The van der Waals surface area contributed by atoms with Crippen molar-refractivity contribution < 1.29 is 10.4 Å². The molecular weight excluding hydrogens is 278 g/mol. The van der Waals surface area contributed by atoms with Crippen LogP contribution in [0.4, 0.5) is 5.69 Å². The van der Waals surface area contributed by atoms with Gasteiger partial charge >= 0.3 is 0 Å². The Hall–Kier alpha value is -2.60. The van der Waals surface area contributed by atoms with Gasteiger partial charge in [-0.15, -0.1) is 0 Å². The number of hydrogen-bond donors (Lipinski definition) is 2. The van der Waals surface area contributed by atoms with E-state index in [4.69, 9.17) is 5.21 Å². The minimum atomic E-state index is -0.903. The summed E-state index contributed by atoms with van der Waals surface area (Å²) in [4.78, 5) is 0. The van der Waals surface area contributed by atoms with Crippen LogP contribution in [0.15, 0.2) is 60.8 Å². The van der Waals surface area contributed by atoms with Crippen LogP contribution in [0, 0.1) is 5.21 Å². The number of nitrogens with zero attached hydrogens (tertiary/aromatic N) is 2. The van der Waals surface area contributed by atoms with E-state index in [1.54, 1.807) is 12.1 Å². The van der Waals surface area contributed by atoms with Crippen LogP contribution in [0.25, 0.3) is 27.8 Å². The number of nitrogens with one attached hydrogen (secondary N) is 1. The number of aromatic nitrogens is 2. The largest absolute Gasteiger partial charge is 0.595 e. The molecule has 2 aromatic carbocycles. The van der Waals surface area contributed by atoms with Gasteiger partial charge in [0.05, 0.1) is 11.0 Å². The van der Waals surface area contributed by atoms with Crippen LogP contribution < -0.4 is 5.23 Å². The molecule has 0 fully saturated rings. The van der Waals surface area contributed by atoms with E-state index in [1.807, 2.05) is 24.3 Å². The summed E-state index contributed by atoms with van der Waals surface area (Å²) in [6, 6.07) is 17.4. The minimum absolute atomic E-state index is 0.304. The highest BCUT2D eigenvalue weighted by molar-refractivity contribution is 5.84. The van der Waals surface area contributed by atoms with E-state index in [9.17, 15) is 5.21 Å². The standard InChI is InChI=1S/C17H15N3O2/c1-18-15-4-2-3-5-16(15)19-11-13(10-17(18)19)12-6-8-14(9-7-12)20(21)22/h2-11,20-21H,1H3. The molecule has 0 saturated heterocycles. The average molecular weight is 293 g/mol. The zero-order valence-corrected chi connectivity index (χ0v) is 12.0. The molecule has 4 aromatic rings. The first-order valence-electron chi connectivity index (χ1n) is 7.04. The Morgan fingerprint density at radius 3 is 2.32 bits per heavy atom. The highest BCUT2D eigenvalue weighted by atomic mass is 16.8. The van der Waals surface area contributed by atoms with Gasteiger partial charge in [-0.05, 0) is 35.9 Å². The molecule has 22 heavy (non-hydrogen) atoms. The average Bonchev–Trinajstić information content (AvgIpc) is 3.08. The first-order valence-corrected chi connectivity index (χ1v) is 7.04. The number of aryl methyl sites for hydroxylation is 1. The van der Waals surface area contributed by atoms with Gasteiger partial charge in [-0.2, -0.15) is 5.23 Å². The van der Waals surface area contributed by atoms with Gasteiger partial charge in [0.15, 0.2) is 5.69 Å². The fraction of sp³-hybridized carbons (Fsp3) is 0.0588. The Morgan fingerprint density at radius 1 is 0.955 bits per heavy atom. The molecule has 0 bridgehead atoms. The molecule has 0 aliphatic rings. The minimum Gasteiger partial charge on any atom is -0.595 e. The first-order chi connectivity index (χ1) is 10.6. The molecule has 2 N–H and O–H groups in total. The molecule has 0 spiro atoms. The van der Waals surface area contributed by atoms with E-state index in [0.29, 0.717) is 5.69 Å². The van der Waals surface area contributed by atoms with Crippen LogP contribution in [-0.2, 0) is 7.05 Å². The Morgan fingerprint density at radius 2 is 1.64 bits per heavy atom. The Labute approximate surface area is 126 Å². The lowest BCUT2D eigenvalue weighted by atomic mass is 10.1. The van der Waals surface area contributed by atoms with Crippen molar-refractivity contribution >= 4 is 22.4 Å². The third kappa shape index (κ3) is 1.84. The summed E-state index contributed by atoms with van der Waals surface area (Å²) in [5, 5.41) is 19.0. The molecule has 0 amide bonds. The molecule has 0 saturated carbocycles. The number of para-hydroxylation sites is 2. The van der Waals surface area contributed by atoms with Crippen molar-refractivity contribution in [3.63, 3.8) is 0 Å². The van der Waals surface area contributed by atoms with Crippen LogP contribution in [0.3, 0.4) is 0 Å². The zero-order chi connectivity index (χ0) is 15.3. The Balaban J connectivity index is 1.87. The summed E-state index contributed by atoms with van der Waals surface area (Å²) in [6.45, 7) is 0. The lowest BCUT2D eigenvalue weighted by Gasteiger charge is -2.11. The smallest absolute Gasteiger partial charge is 0.163 e. The van der Waals surface area contributed by atoms with Gasteiger partial charge in [-0.3, -0.25) is 0 Å². The maximum absolute atomic E-state index is 10.9. The van der Waals surface area contributed by atoms with E-state index in [-0.39, 0.29) is 0 Å². The molecule has 0 aliphatic carbocycles. The summed E-state index contributed by atoms with van der Waals surface area (Å²) in [5.41, 5.74) is 5.85. The number of rotatable bonds is 2. The molecule has 0 aliphatic heterocycles. The van der Waals surface area contributed by atoms with Gasteiger partial charge in [0, 0.05) is 30.9 Å². The molecule has 2 aromatic heterocycles. The molecular formula is C17H15N3O2. The van der Waals surface area contributed by atoms with E-state index in [1.165, 1.54) is 5.52 Å². The number of quaternary nitrogens is 1. The van der Waals surface area contributed by atoms with Gasteiger partial charge in [0.25, 0.3) is 0 Å². The topological polar surface area (TPSA) is 57.1 Å². The van der Waals surface area contributed by atoms with Crippen molar-refractivity contribution in [3.05, 3.63) is 66.0 Å². The van der Waals surface area contributed by atoms with Crippen molar-refractivity contribution in [2.75, 3.05) is 0 Å². The third-order valence-electron chi connectivity index (χ3n) is 4.11. The lowest BCUT2D eigenvalue weighted by molar-refractivity contribution is -0.991.